The molecule has 0 aromatic rings. The highest BCUT2D eigenvalue weighted by Crippen LogP contribution is 2.19. The van der Waals surface area contributed by atoms with Crippen molar-refractivity contribution in [1.29, 1.82) is 0 Å². The van der Waals surface area contributed by atoms with Crippen molar-refractivity contribution in [2.75, 3.05) is 0 Å². The molecule has 0 radical (unpaired) electrons. The molecule has 1 aliphatic rings. The lowest BCUT2D eigenvalue weighted by molar-refractivity contribution is 0.173. The van der Waals surface area contributed by atoms with Crippen molar-refractivity contribution in [3.05, 3.63) is 0 Å². The molecule has 1 saturated carbocycles. The molecule has 3 heteroatoms. The zero-order valence-corrected chi connectivity index (χ0v) is 4.75. The third kappa shape index (κ3) is 1.28. The molecule has 2 N–H and O–H groups in total. The first-order valence-corrected chi connectivity index (χ1v) is 2.20. The van der Waals surface area contributed by atoms with E-state index in [2.05, 4.69) is 0 Å². The van der Waals surface area contributed by atoms with Crippen LogP contribution in [-0.2, 0) is 0 Å². The third-order valence-corrected chi connectivity index (χ3v) is 1.24. The molecule has 0 amide bonds. The Morgan fingerprint density at radius 1 is 1.43 bits per heavy atom. The maximum Gasteiger partial charge on any atom is 0.115 e. The lowest BCUT2D eigenvalue weighted by atomic mass is 9.92. The van der Waals surface area contributed by atoms with Gasteiger partial charge in [-0.2, -0.15) is 0 Å². The van der Waals surface area contributed by atoms with Gasteiger partial charge in [0.25, 0.3) is 0 Å². The minimum Gasteiger partial charge on any atom is -0.325 e. The summed E-state index contributed by atoms with van der Waals surface area (Å²) in [6.07, 6.45) is 0.868. The second-order valence-corrected chi connectivity index (χ2v) is 1.76. The Morgan fingerprint density at radius 3 is 1.86 bits per heavy atom. The van der Waals surface area contributed by atoms with Crippen LogP contribution >= 0.6 is 12.4 Å². The Hall–Kier alpha value is 0.180. The largest absolute Gasteiger partial charge is 0.325 e. The summed E-state index contributed by atoms with van der Waals surface area (Å²) in [5, 5.41) is 0. The topological polar surface area (TPSA) is 26.0 Å². The Kier molecular flexibility index (Phi) is 2.54. The zero-order chi connectivity index (χ0) is 4.57. The van der Waals surface area contributed by atoms with E-state index in [0.717, 1.165) is 6.42 Å². The van der Waals surface area contributed by atoms with Gasteiger partial charge in [-0.1, -0.05) is 0 Å². The summed E-state index contributed by atoms with van der Waals surface area (Å²) in [7, 11) is 0. The van der Waals surface area contributed by atoms with Crippen molar-refractivity contribution >= 4 is 12.4 Å². The molecule has 1 nitrogen and oxygen atoms in total. The highest BCUT2D eigenvalue weighted by atomic mass is 35.5. The van der Waals surface area contributed by atoms with Gasteiger partial charge in [-0.05, 0) is 12.8 Å². The van der Waals surface area contributed by atoms with Gasteiger partial charge in [0.1, 0.15) is 6.17 Å². The molecule has 0 aromatic heterocycles. The molecule has 1 aliphatic carbocycles. The van der Waals surface area contributed by atoms with E-state index in [9.17, 15) is 4.39 Å². The van der Waals surface area contributed by atoms with Gasteiger partial charge in [0, 0.05) is 6.04 Å². The lowest BCUT2D eigenvalue weighted by Crippen LogP contribution is -2.40. The van der Waals surface area contributed by atoms with E-state index in [-0.39, 0.29) is 18.4 Å². The average molecular weight is 126 g/mol. The van der Waals surface area contributed by atoms with Crippen LogP contribution in [0.15, 0.2) is 0 Å². The highest BCUT2D eigenvalue weighted by Gasteiger charge is 2.25. The SMILES string of the molecule is Cl.NC1CCC1F. The minimum absolute atomic E-state index is 0. The molecule has 2 atom stereocenters. The maximum absolute atomic E-state index is 11.8. The van der Waals surface area contributed by atoms with Crippen molar-refractivity contribution < 1.29 is 4.39 Å². The van der Waals surface area contributed by atoms with Crippen LogP contribution in [0, 0.1) is 0 Å². The fraction of sp³-hybridized carbons (Fsp3) is 1.00. The molecule has 0 saturated heterocycles. The van der Waals surface area contributed by atoms with Crippen LogP contribution in [0.1, 0.15) is 12.8 Å². The first kappa shape index (κ1) is 7.18. The Morgan fingerprint density at radius 2 is 1.86 bits per heavy atom. The summed E-state index contributed by atoms with van der Waals surface area (Å²) >= 11 is 0. The van der Waals surface area contributed by atoms with Crippen LogP contribution in [0.5, 0.6) is 0 Å². The third-order valence-electron chi connectivity index (χ3n) is 1.24. The van der Waals surface area contributed by atoms with Gasteiger partial charge in [0.15, 0.2) is 0 Å². The van der Waals surface area contributed by atoms with Gasteiger partial charge in [0.2, 0.25) is 0 Å². The Labute approximate surface area is 48.5 Å². The first-order valence-electron chi connectivity index (χ1n) is 2.20. The van der Waals surface area contributed by atoms with Crippen LogP contribution in [0.25, 0.3) is 0 Å². The van der Waals surface area contributed by atoms with E-state index in [4.69, 9.17) is 5.73 Å². The number of rotatable bonds is 0. The van der Waals surface area contributed by atoms with Gasteiger partial charge in [-0.15, -0.1) is 12.4 Å². The van der Waals surface area contributed by atoms with Gasteiger partial charge in [-0.25, -0.2) is 4.39 Å². The molecule has 7 heavy (non-hydrogen) atoms. The molecule has 44 valence electrons. The van der Waals surface area contributed by atoms with E-state index in [1.54, 1.807) is 0 Å². The number of nitrogens with two attached hydrogens (primary N) is 1. The fourth-order valence-corrected chi connectivity index (χ4v) is 0.485. The van der Waals surface area contributed by atoms with Crippen LogP contribution in [0.4, 0.5) is 4.39 Å². The average Bonchev–Trinajstić information content (AvgIpc) is 1.61. The quantitative estimate of drug-likeness (QED) is 0.511. The second-order valence-electron chi connectivity index (χ2n) is 1.76. The number of hydrogen-bond acceptors (Lipinski definition) is 1. The van der Waals surface area contributed by atoms with Crippen LogP contribution in [0.3, 0.4) is 0 Å². The van der Waals surface area contributed by atoms with E-state index >= 15 is 0 Å². The van der Waals surface area contributed by atoms with Crippen LogP contribution in [-0.4, -0.2) is 12.2 Å². The summed E-state index contributed by atoms with van der Waals surface area (Å²) in [6, 6.07) is -0.134. The Balaban J connectivity index is 0.000000360. The van der Waals surface area contributed by atoms with E-state index in [1.165, 1.54) is 0 Å². The second kappa shape index (κ2) is 2.48. The molecule has 0 heterocycles. The molecular weight excluding hydrogens is 117 g/mol. The van der Waals surface area contributed by atoms with E-state index in [1.807, 2.05) is 0 Å². The minimum atomic E-state index is -0.690. The molecule has 0 aromatic carbocycles. The molecular formula is C4H9ClFN. The lowest BCUT2D eigenvalue weighted by Gasteiger charge is -2.25. The highest BCUT2D eigenvalue weighted by molar-refractivity contribution is 5.85. The van der Waals surface area contributed by atoms with E-state index < -0.39 is 6.17 Å². The van der Waals surface area contributed by atoms with Crippen molar-refractivity contribution in [3.8, 4) is 0 Å². The number of hydrogen-bond donors (Lipinski definition) is 1. The summed E-state index contributed by atoms with van der Waals surface area (Å²) in [4.78, 5) is 0. The monoisotopic (exact) mass is 125 g/mol. The number of halogens is 2. The summed E-state index contributed by atoms with van der Waals surface area (Å²) in [5.41, 5.74) is 5.15. The van der Waals surface area contributed by atoms with Crippen LogP contribution in [0.2, 0.25) is 0 Å². The first-order chi connectivity index (χ1) is 2.80. The van der Waals surface area contributed by atoms with Gasteiger partial charge < -0.3 is 5.73 Å². The molecule has 0 spiro atoms. The van der Waals surface area contributed by atoms with Gasteiger partial charge in [-0.3, -0.25) is 0 Å². The molecule has 1 rings (SSSR count). The molecule has 2 unspecified atom stereocenters. The molecule has 1 fully saturated rings. The fourth-order valence-electron chi connectivity index (χ4n) is 0.485. The van der Waals surface area contributed by atoms with E-state index in [0.29, 0.717) is 6.42 Å². The smallest absolute Gasteiger partial charge is 0.115 e. The predicted molar refractivity (Wildman–Crippen MR) is 29.4 cm³/mol. The predicted octanol–water partition coefficient (Wildman–Crippen LogP) is 0.867. The molecule has 0 bridgehead atoms. The summed E-state index contributed by atoms with van der Waals surface area (Å²) in [5.74, 6) is 0. The summed E-state index contributed by atoms with van der Waals surface area (Å²) < 4.78 is 11.8. The van der Waals surface area contributed by atoms with Gasteiger partial charge in [0.05, 0.1) is 0 Å². The maximum atomic E-state index is 11.8. The van der Waals surface area contributed by atoms with Crippen molar-refractivity contribution in [2.24, 2.45) is 5.73 Å². The standard InChI is InChI=1S/C4H8FN.ClH/c5-3-1-2-4(3)6;/h3-4H,1-2,6H2;1H. The van der Waals surface area contributed by atoms with Crippen molar-refractivity contribution in [3.63, 3.8) is 0 Å². The Bertz CT molecular complexity index is 51.7. The normalized spacial score (nSPS) is 38.6. The van der Waals surface area contributed by atoms with Crippen molar-refractivity contribution in [2.45, 2.75) is 25.1 Å². The van der Waals surface area contributed by atoms with Crippen LogP contribution < -0.4 is 5.73 Å². The zero-order valence-electron chi connectivity index (χ0n) is 3.93. The van der Waals surface area contributed by atoms with Crippen molar-refractivity contribution in [1.82, 2.24) is 0 Å². The number of alkyl halides is 1. The molecule has 0 aliphatic heterocycles. The summed E-state index contributed by atoms with van der Waals surface area (Å²) in [6.45, 7) is 0. The van der Waals surface area contributed by atoms with Gasteiger partial charge >= 0.3 is 0 Å².